The Labute approximate surface area is 183 Å². The number of amides is 2. The first-order valence-electron chi connectivity index (χ1n) is 11.9. The predicted molar refractivity (Wildman–Crippen MR) is 120 cm³/mol. The first kappa shape index (κ1) is 24.5. The van der Waals surface area contributed by atoms with Gasteiger partial charge in [-0.15, -0.1) is 12.4 Å². The van der Waals surface area contributed by atoms with Gasteiger partial charge in [-0.3, -0.25) is 9.59 Å². The van der Waals surface area contributed by atoms with Crippen molar-refractivity contribution < 1.29 is 9.59 Å². The van der Waals surface area contributed by atoms with E-state index in [1.165, 1.54) is 32.1 Å². The van der Waals surface area contributed by atoms with Crippen molar-refractivity contribution in [3.8, 4) is 0 Å². The molecule has 0 bridgehead atoms. The molecule has 0 unspecified atom stereocenters. The van der Waals surface area contributed by atoms with Crippen LogP contribution in [0.15, 0.2) is 0 Å². The maximum atomic E-state index is 12.9. The van der Waals surface area contributed by atoms with Gasteiger partial charge in [0.15, 0.2) is 0 Å². The summed E-state index contributed by atoms with van der Waals surface area (Å²) in [5.41, 5.74) is 0. The Morgan fingerprint density at radius 2 is 1.52 bits per heavy atom. The van der Waals surface area contributed by atoms with E-state index in [1.54, 1.807) is 0 Å². The van der Waals surface area contributed by atoms with E-state index in [4.69, 9.17) is 0 Å². The van der Waals surface area contributed by atoms with Crippen LogP contribution in [0.25, 0.3) is 0 Å². The minimum Gasteiger partial charge on any atom is -0.353 e. The number of carbonyl (C=O) groups is 2. The van der Waals surface area contributed by atoms with Crippen LogP contribution >= 0.6 is 12.4 Å². The van der Waals surface area contributed by atoms with E-state index in [0.717, 1.165) is 70.6 Å². The summed E-state index contributed by atoms with van der Waals surface area (Å²) in [4.78, 5) is 27.4. The van der Waals surface area contributed by atoms with Gasteiger partial charge in [-0.05, 0) is 76.3 Å². The molecule has 2 saturated carbocycles. The van der Waals surface area contributed by atoms with Crippen molar-refractivity contribution in [3.05, 3.63) is 0 Å². The van der Waals surface area contributed by atoms with Crippen molar-refractivity contribution in [2.45, 2.75) is 90.0 Å². The summed E-state index contributed by atoms with van der Waals surface area (Å²) in [5.74, 6) is 2.11. The van der Waals surface area contributed by atoms with Gasteiger partial charge in [-0.2, -0.15) is 0 Å². The van der Waals surface area contributed by atoms with E-state index in [0.29, 0.717) is 18.2 Å². The summed E-state index contributed by atoms with van der Waals surface area (Å²) in [5, 5.41) is 6.69. The van der Waals surface area contributed by atoms with Crippen LogP contribution in [0.5, 0.6) is 0 Å². The van der Waals surface area contributed by atoms with E-state index in [-0.39, 0.29) is 30.3 Å². The van der Waals surface area contributed by atoms with Crippen LogP contribution in [-0.4, -0.2) is 48.9 Å². The fraction of sp³-hybridized carbons (Fsp3) is 0.913. The molecular weight excluding hydrogens is 386 g/mol. The van der Waals surface area contributed by atoms with Crippen molar-refractivity contribution in [2.75, 3.05) is 26.2 Å². The summed E-state index contributed by atoms with van der Waals surface area (Å²) < 4.78 is 0. The van der Waals surface area contributed by atoms with Gasteiger partial charge < -0.3 is 15.5 Å². The van der Waals surface area contributed by atoms with E-state index >= 15 is 0 Å². The summed E-state index contributed by atoms with van der Waals surface area (Å²) in [7, 11) is 0. The Bertz CT molecular complexity index is 494. The molecule has 1 heterocycles. The molecule has 29 heavy (non-hydrogen) atoms. The minimum absolute atomic E-state index is 0. The molecule has 0 radical (unpaired) electrons. The molecule has 1 saturated heterocycles. The quantitative estimate of drug-likeness (QED) is 0.647. The maximum absolute atomic E-state index is 12.9. The second-order valence-corrected chi connectivity index (χ2v) is 9.40. The zero-order valence-electron chi connectivity index (χ0n) is 18.3. The van der Waals surface area contributed by atoms with Gasteiger partial charge >= 0.3 is 0 Å². The standard InChI is InChI=1S/C23H41N3O2.ClH/c1-2-24-17-19-12-14-26(15-13-19)23(28)20-8-10-21(11-9-20)25-22(27)16-18-6-4-3-5-7-18;/h18-21,24H,2-17H2,1H3,(H,25,27);1H. The molecule has 0 spiro atoms. The van der Waals surface area contributed by atoms with Gasteiger partial charge in [0.1, 0.15) is 0 Å². The lowest BCUT2D eigenvalue weighted by Gasteiger charge is -2.36. The molecule has 0 aromatic heterocycles. The Morgan fingerprint density at radius 1 is 0.862 bits per heavy atom. The SMILES string of the molecule is CCNCC1CCN(C(=O)C2CCC(NC(=O)CC3CCCCC3)CC2)CC1.Cl. The molecule has 2 amide bonds. The van der Waals surface area contributed by atoms with Gasteiger partial charge in [0.05, 0.1) is 0 Å². The molecule has 3 fully saturated rings. The number of carbonyl (C=O) groups excluding carboxylic acids is 2. The summed E-state index contributed by atoms with van der Waals surface area (Å²) >= 11 is 0. The van der Waals surface area contributed by atoms with E-state index < -0.39 is 0 Å². The van der Waals surface area contributed by atoms with Crippen molar-refractivity contribution in [1.29, 1.82) is 0 Å². The second kappa shape index (κ2) is 12.8. The normalized spacial score (nSPS) is 26.6. The smallest absolute Gasteiger partial charge is 0.225 e. The average molecular weight is 428 g/mol. The van der Waals surface area contributed by atoms with Gasteiger partial charge in [0, 0.05) is 31.5 Å². The first-order valence-corrected chi connectivity index (χ1v) is 11.9. The van der Waals surface area contributed by atoms with Crippen LogP contribution in [0.2, 0.25) is 0 Å². The van der Waals surface area contributed by atoms with Gasteiger partial charge in [0.2, 0.25) is 11.8 Å². The number of nitrogens with zero attached hydrogens (tertiary/aromatic N) is 1. The van der Waals surface area contributed by atoms with Crippen LogP contribution in [-0.2, 0) is 9.59 Å². The third kappa shape index (κ3) is 7.75. The number of likely N-dealkylation sites (tertiary alicyclic amines) is 1. The highest BCUT2D eigenvalue weighted by atomic mass is 35.5. The molecule has 0 atom stereocenters. The van der Waals surface area contributed by atoms with Crippen LogP contribution in [0.1, 0.15) is 84.0 Å². The van der Waals surface area contributed by atoms with Crippen LogP contribution in [0, 0.1) is 17.8 Å². The second-order valence-electron chi connectivity index (χ2n) is 9.40. The third-order valence-electron chi connectivity index (χ3n) is 7.25. The number of rotatable bonds is 7. The molecule has 168 valence electrons. The fourth-order valence-corrected chi connectivity index (χ4v) is 5.39. The number of nitrogens with one attached hydrogen (secondary N) is 2. The zero-order chi connectivity index (χ0) is 19.8. The van der Waals surface area contributed by atoms with Crippen molar-refractivity contribution in [2.24, 2.45) is 17.8 Å². The molecule has 3 aliphatic rings. The lowest BCUT2D eigenvalue weighted by molar-refractivity contribution is -0.138. The zero-order valence-corrected chi connectivity index (χ0v) is 19.1. The Hall–Kier alpha value is -0.810. The minimum atomic E-state index is 0. The number of halogens is 1. The van der Waals surface area contributed by atoms with Crippen molar-refractivity contribution in [3.63, 3.8) is 0 Å². The van der Waals surface area contributed by atoms with E-state index in [2.05, 4.69) is 22.5 Å². The molecule has 5 nitrogen and oxygen atoms in total. The molecule has 6 heteroatoms. The number of hydrogen-bond acceptors (Lipinski definition) is 3. The largest absolute Gasteiger partial charge is 0.353 e. The highest BCUT2D eigenvalue weighted by Crippen LogP contribution is 2.29. The summed E-state index contributed by atoms with van der Waals surface area (Å²) in [6.07, 6.45) is 13.1. The molecule has 3 rings (SSSR count). The third-order valence-corrected chi connectivity index (χ3v) is 7.25. The van der Waals surface area contributed by atoms with Gasteiger partial charge in [-0.25, -0.2) is 0 Å². The van der Waals surface area contributed by atoms with E-state index in [1.807, 2.05) is 0 Å². The summed E-state index contributed by atoms with van der Waals surface area (Å²) in [6.45, 7) is 6.11. The lowest BCUT2D eigenvalue weighted by Crippen LogP contribution is -2.45. The fourth-order valence-electron chi connectivity index (χ4n) is 5.39. The maximum Gasteiger partial charge on any atom is 0.225 e. The molecular formula is C23H42ClN3O2. The Balaban J connectivity index is 0.00000300. The molecule has 0 aromatic carbocycles. The van der Waals surface area contributed by atoms with Crippen LogP contribution in [0.4, 0.5) is 0 Å². The number of piperidine rings is 1. The predicted octanol–water partition coefficient (Wildman–Crippen LogP) is 3.90. The van der Waals surface area contributed by atoms with Gasteiger partial charge in [-0.1, -0.05) is 26.2 Å². The van der Waals surface area contributed by atoms with Gasteiger partial charge in [0.25, 0.3) is 0 Å². The lowest BCUT2D eigenvalue weighted by atomic mass is 9.83. The molecule has 0 aromatic rings. The Kier molecular flexibility index (Phi) is 10.8. The van der Waals surface area contributed by atoms with Crippen LogP contribution in [0.3, 0.4) is 0 Å². The van der Waals surface area contributed by atoms with Crippen molar-refractivity contribution in [1.82, 2.24) is 15.5 Å². The highest BCUT2D eigenvalue weighted by molar-refractivity contribution is 5.85. The topological polar surface area (TPSA) is 61.4 Å². The average Bonchev–Trinajstić information content (AvgIpc) is 2.73. The molecule has 1 aliphatic heterocycles. The number of hydrogen-bond donors (Lipinski definition) is 2. The van der Waals surface area contributed by atoms with E-state index in [9.17, 15) is 9.59 Å². The summed E-state index contributed by atoms with van der Waals surface area (Å²) in [6, 6.07) is 0.283. The highest BCUT2D eigenvalue weighted by Gasteiger charge is 2.32. The van der Waals surface area contributed by atoms with Crippen LogP contribution < -0.4 is 10.6 Å². The monoisotopic (exact) mass is 427 g/mol. The molecule has 2 aliphatic carbocycles. The van der Waals surface area contributed by atoms with Crippen molar-refractivity contribution >= 4 is 24.2 Å². The first-order chi connectivity index (χ1) is 13.7. The Morgan fingerprint density at radius 3 is 2.14 bits per heavy atom. The molecule has 2 N–H and O–H groups in total.